The first-order chi connectivity index (χ1) is 9.40. The lowest BCUT2D eigenvalue weighted by Crippen LogP contribution is -2.20. The Morgan fingerprint density at radius 2 is 2.00 bits per heavy atom. The predicted molar refractivity (Wildman–Crippen MR) is 84.3 cm³/mol. The molecule has 0 fully saturated rings. The van der Waals surface area contributed by atoms with E-state index in [0.717, 1.165) is 12.1 Å². The molecule has 6 heteroatoms. The van der Waals surface area contributed by atoms with E-state index in [9.17, 15) is 8.42 Å². The van der Waals surface area contributed by atoms with Crippen molar-refractivity contribution in [3.8, 4) is 0 Å². The van der Waals surface area contributed by atoms with E-state index in [0.29, 0.717) is 6.04 Å². The first-order valence-corrected chi connectivity index (χ1v) is 8.48. The maximum absolute atomic E-state index is 11.7. The molecule has 0 aliphatic rings. The van der Waals surface area contributed by atoms with Crippen LogP contribution in [0.15, 0.2) is 23.1 Å². The Kier molecular flexibility index (Phi) is 6.29. The number of sulfonamides is 1. The van der Waals surface area contributed by atoms with Gasteiger partial charge < -0.3 is 11.1 Å². The summed E-state index contributed by atoms with van der Waals surface area (Å²) in [7, 11) is -2.12. The van der Waals surface area contributed by atoms with Crippen molar-refractivity contribution in [2.24, 2.45) is 0 Å². The smallest absolute Gasteiger partial charge is 0.242 e. The van der Waals surface area contributed by atoms with Gasteiger partial charge in [-0.25, -0.2) is 13.1 Å². The van der Waals surface area contributed by atoms with Crippen LogP contribution in [-0.4, -0.2) is 21.5 Å². The molecule has 0 radical (unpaired) electrons. The molecule has 0 saturated carbocycles. The van der Waals surface area contributed by atoms with Crippen LogP contribution >= 0.6 is 0 Å². The second kappa shape index (κ2) is 7.50. The molecular formula is C14H25N3O2S. The molecule has 1 unspecified atom stereocenters. The van der Waals surface area contributed by atoms with Gasteiger partial charge in [0, 0.05) is 11.7 Å². The van der Waals surface area contributed by atoms with Gasteiger partial charge in [-0.3, -0.25) is 0 Å². The summed E-state index contributed by atoms with van der Waals surface area (Å²) in [6, 6.07) is 5.28. The average molecular weight is 299 g/mol. The third-order valence-electron chi connectivity index (χ3n) is 3.22. The van der Waals surface area contributed by atoms with Crippen LogP contribution in [-0.2, 0) is 10.0 Å². The zero-order valence-electron chi connectivity index (χ0n) is 12.4. The number of hydrogen-bond acceptors (Lipinski definition) is 4. The molecule has 0 amide bonds. The Hall–Kier alpha value is -1.27. The Morgan fingerprint density at radius 3 is 2.55 bits per heavy atom. The van der Waals surface area contributed by atoms with Crippen LogP contribution in [0.3, 0.4) is 0 Å². The van der Waals surface area contributed by atoms with Gasteiger partial charge in [-0.15, -0.1) is 0 Å². The highest BCUT2D eigenvalue weighted by Crippen LogP contribution is 2.23. The van der Waals surface area contributed by atoms with Crippen molar-refractivity contribution >= 4 is 21.4 Å². The van der Waals surface area contributed by atoms with Gasteiger partial charge in [0.05, 0.1) is 5.69 Å². The number of nitrogens with two attached hydrogens (primary N) is 1. The third-order valence-corrected chi connectivity index (χ3v) is 4.71. The fourth-order valence-corrected chi connectivity index (χ4v) is 2.89. The van der Waals surface area contributed by atoms with Gasteiger partial charge in [-0.2, -0.15) is 0 Å². The lowest BCUT2D eigenvalue weighted by molar-refractivity contribution is 0.588. The van der Waals surface area contributed by atoms with Gasteiger partial charge >= 0.3 is 0 Å². The summed E-state index contributed by atoms with van der Waals surface area (Å²) in [5.74, 6) is 0. The molecule has 0 saturated heterocycles. The Balaban J connectivity index is 2.73. The molecule has 0 aliphatic carbocycles. The van der Waals surface area contributed by atoms with E-state index in [1.807, 2.05) is 0 Å². The van der Waals surface area contributed by atoms with Crippen molar-refractivity contribution < 1.29 is 8.42 Å². The van der Waals surface area contributed by atoms with E-state index >= 15 is 0 Å². The Morgan fingerprint density at radius 1 is 1.30 bits per heavy atom. The molecule has 0 spiro atoms. The van der Waals surface area contributed by atoms with Gasteiger partial charge in [0.15, 0.2) is 0 Å². The molecule has 1 aromatic rings. The fourth-order valence-electron chi connectivity index (χ4n) is 2.05. The van der Waals surface area contributed by atoms with Crippen LogP contribution in [0.5, 0.6) is 0 Å². The number of rotatable bonds is 8. The van der Waals surface area contributed by atoms with Gasteiger partial charge in [-0.1, -0.05) is 26.2 Å². The SMILES string of the molecule is CCCCCC(C)Nc1ccc(S(=O)(=O)NC)c(N)c1. The Bertz CT molecular complexity index is 529. The predicted octanol–water partition coefficient (Wildman–Crippen LogP) is 2.56. The molecule has 114 valence electrons. The maximum atomic E-state index is 11.7. The van der Waals surface area contributed by atoms with E-state index in [-0.39, 0.29) is 10.6 Å². The van der Waals surface area contributed by atoms with E-state index in [2.05, 4.69) is 23.9 Å². The molecule has 0 bridgehead atoms. The van der Waals surface area contributed by atoms with E-state index in [4.69, 9.17) is 5.73 Å². The average Bonchev–Trinajstić information content (AvgIpc) is 2.38. The van der Waals surface area contributed by atoms with Crippen molar-refractivity contribution in [3.63, 3.8) is 0 Å². The number of benzene rings is 1. The summed E-state index contributed by atoms with van der Waals surface area (Å²) >= 11 is 0. The van der Waals surface area contributed by atoms with Crippen LogP contribution in [0.4, 0.5) is 11.4 Å². The van der Waals surface area contributed by atoms with E-state index in [1.54, 1.807) is 12.1 Å². The van der Waals surface area contributed by atoms with Crippen molar-refractivity contribution in [1.82, 2.24) is 4.72 Å². The molecule has 0 heterocycles. The fraction of sp³-hybridized carbons (Fsp3) is 0.571. The van der Waals surface area contributed by atoms with E-state index < -0.39 is 10.0 Å². The summed E-state index contributed by atoms with van der Waals surface area (Å²) in [4.78, 5) is 0.115. The largest absolute Gasteiger partial charge is 0.398 e. The number of nitrogen functional groups attached to an aromatic ring is 1. The highest BCUT2D eigenvalue weighted by molar-refractivity contribution is 7.89. The topological polar surface area (TPSA) is 84.2 Å². The van der Waals surface area contributed by atoms with Crippen LogP contribution in [0.25, 0.3) is 0 Å². The van der Waals surface area contributed by atoms with Crippen LogP contribution in [0, 0.1) is 0 Å². The molecule has 4 N–H and O–H groups in total. The van der Waals surface area contributed by atoms with Crippen LogP contribution in [0.1, 0.15) is 39.5 Å². The monoisotopic (exact) mass is 299 g/mol. The van der Waals surface area contributed by atoms with Crippen LogP contribution < -0.4 is 15.8 Å². The lowest BCUT2D eigenvalue weighted by atomic mass is 10.1. The molecule has 1 aromatic carbocycles. The third kappa shape index (κ3) is 4.68. The van der Waals surface area contributed by atoms with Gasteiger partial charge in [0.25, 0.3) is 0 Å². The molecule has 0 aliphatic heterocycles. The molecular weight excluding hydrogens is 274 g/mol. The van der Waals surface area contributed by atoms with Crippen LogP contribution in [0.2, 0.25) is 0 Å². The molecule has 5 nitrogen and oxygen atoms in total. The normalized spacial score (nSPS) is 13.2. The molecule has 0 aromatic heterocycles. The zero-order chi connectivity index (χ0) is 15.2. The number of unbranched alkanes of at least 4 members (excludes halogenated alkanes) is 2. The van der Waals surface area contributed by atoms with Gasteiger partial charge in [0.2, 0.25) is 10.0 Å². The molecule has 1 atom stereocenters. The number of anilines is 2. The quantitative estimate of drug-likeness (QED) is 0.509. The van der Waals surface area contributed by atoms with Crippen molar-refractivity contribution in [3.05, 3.63) is 18.2 Å². The standard InChI is InChI=1S/C14H25N3O2S/c1-4-5-6-7-11(2)17-12-8-9-14(13(15)10-12)20(18,19)16-3/h8-11,16-17H,4-7,15H2,1-3H3. The van der Waals surface area contributed by atoms with Gasteiger partial charge in [0.1, 0.15) is 4.90 Å². The van der Waals surface area contributed by atoms with Gasteiger partial charge in [-0.05, 0) is 38.6 Å². The lowest BCUT2D eigenvalue weighted by Gasteiger charge is -2.16. The summed E-state index contributed by atoms with van der Waals surface area (Å²) in [6.45, 7) is 4.30. The number of nitrogens with one attached hydrogen (secondary N) is 2. The molecule has 1 rings (SSSR count). The van der Waals surface area contributed by atoms with Crippen molar-refractivity contribution in [2.45, 2.75) is 50.5 Å². The summed E-state index contributed by atoms with van der Waals surface area (Å²) < 4.78 is 25.7. The zero-order valence-corrected chi connectivity index (χ0v) is 13.3. The minimum Gasteiger partial charge on any atom is -0.398 e. The number of hydrogen-bond donors (Lipinski definition) is 3. The van der Waals surface area contributed by atoms with E-state index in [1.165, 1.54) is 32.4 Å². The highest BCUT2D eigenvalue weighted by atomic mass is 32.2. The minimum absolute atomic E-state index is 0.115. The highest BCUT2D eigenvalue weighted by Gasteiger charge is 2.15. The molecule has 20 heavy (non-hydrogen) atoms. The first kappa shape index (κ1) is 16.8. The summed E-state index contributed by atoms with van der Waals surface area (Å²) in [6.07, 6.45) is 4.71. The second-order valence-corrected chi connectivity index (χ2v) is 6.86. The van der Waals surface area contributed by atoms with Crippen molar-refractivity contribution in [1.29, 1.82) is 0 Å². The van der Waals surface area contributed by atoms with Crippen molar-refractivity contribution in [2.75, 3.05) is 18.1 Å². The Labute approximate surface area is 122 Å². The minimum atomic E-state index is -3.49. The summed E-state index contributed by atoms with van der Waals surface area (Å²) in [5, 5.41) is 3.34. The maximum Gasteiger partial charge on any atom is 0.242 e. The summed E-state index contributed by atoms with van der Waals surface area (Å²) in [5.41, 5.74) is 6.92. The first-order valence-electron chi connectivity index (χ1n) is 7.00. The second-order valence-electron chi connectivity index (χ2n) is 5.00.